The second kappa shape index (κ2) is 2.70. The molecule has 0 aliphatic heterocycles. The van der Waals surface area contributed by atoms with Crippen molar-refractivity contribution in [2.75, 3.05) is 0 Å². The van der Waals surface area contributed by atoms with Crippen molar-refractivity contribution in [1.82, 2.24) is 9.71 Å². The molecular weight excluding hydrogens is 152 g/mol. The number of imidazole rings is 1. The lowest BCUT2D eigenvalue weighted by Gasteiger charge is -2.09. The van der Waals surface area contributed by atoms with Crippen molar-refractivity contribution in [2.24, 2.45) is 0 Å². The first-order chi connectivity index (χ1) is 5.88. The summed E-state index contributed by atoms with van der Waals surface area (Å²) in [6.45, 7) is 0. The Bertz CT molecular complexity index is 367. The number of hydrogen-bond acceptors (Lipinski definition) is 2. The maximum Gasteiger partial charge on any atom is 0.135 e. The van der Waals surface area contributed by atoms with Crippen LogP contribution in [0.2, 0.25) is 0 Å². The van der Waals surface area contributed by atoms with Gasteiger partial charge in [-0.2, -0.15) is 0 Å². The first-order valence-electron chi connectivity index (χ1n) is 3.64. The molecule has 0 saturated heterocycles. The maximum atomic E-state index is 11.1. The van der Waals surface area contributed by atoms with Crippen molar-refractivity contribution in [3.8, 4) is 11.4 Å². The van der Waals surface area contributed by atoms with E-state index in [0.29, 0.717) is 5.82 Å². The summed E-state index contributed by atoms with van der Waals surface area (Å²) in [5.74, 6) is 0.454. The fourth-order valence-corrected chi connectivity index (χ4v) is 1.08. The third-order valence-corrected chi connectivity index (χ3v) is 1.64. The number of benzene rings is 1. The van der Waals surface area contributed by atoms with Gasteiger partial charge in [0.05, 0.1) is 0 Å². The first kappa shape index (κ1) is 6.91. The van der Waals surface area contributed by atoms with E-state index < -0.39 is 0 Å². The maximum absolute atomic E-state index is 11.1. The minimum Gasteiger partial charge on any atom is -0.805 e. The van der Waals surface area contributed by atoms with Crippen molar-refractivity contribution in [1.29, 1.82) is 0 Å². The lowest BCUT2D eigenvalue weighted by Crippen LogP contribution is -1.88. The molecule has 1 aromatic carbocycles. The van der Waals surface area contributed by atoms with E-state index in [1.807, 2.05) is 30.3 Å². The summed E-state index contributed by atoms with van der Waals surface area (Å²) in [6.07, 6.45) is 2.89. The molecule has 0 amide bonds. The summed E-state index contributed by atoms with van der Waals surface area (Å²) in [4.78, 5) is 3.94. The molecule has 0 fully saturated rings. The Hall–Kier alpha value is -1.77. The third kappa shape index (κ3) is 1.05. The number of aromatic nitrogens is 2. The van der Waals surface area contributed by atoms with Crippen LogP contribution in [0.3, 0.4) is 0 Å². The lowest BCUT2D eigenvalue weighted by atomic mass is 10.2. The van der Waals surface area contributed by atoms with Gasteiger partial charge in [0.2, 0.25) is 0 Å². The molecule has 0 unspecified atom stereocenters. The summed E-state index contributed by atoms with van der Waals surface area (Å²) in [5, 5.41) is 11.1. The standard InChI is InChI=1S/C9H7N2O/c12-11-7-6-10-9(11)8-4-2-1-3-5-8/h1-7H/q-1. The van der Waals surface area contributed by atoms with Crippen LogP contribution >= 0.6 is 0 Å². The second-order valence-electron chi connectivity index (χ2n) is 2.44. The summed E-state index contributed by atoms with van der Waals surface area (Å²) in [7, 11) is 0. The van der Waals surface area contributed by atoms with Gasteiger partial charge in [-0.3, -0.25) is 0 Å². The summed E-state index contributed by atoms with van der Waals surface area (Å²) in [6, 6.07) is 9.38. The topological polar surface area (TPSA) is 40.9 Å². The van der Waals surface area contributed by atoms with E-state index in [1.165, 1.54) is 12.4 Å². The summed E-state index contributed by atoms with van der Waals surface area (Å²) < 4.78 is 0.759. The Balaban J connectivity index is 2.51. The van der Waals surface area contributed by atoms with Crippen LogP contribution < -0.4 is 0 Å². The molecule has 2 rings (SSSR count). The van der Waals surface area contributed by atoms with Gasteiger partial charge in [0.1, 0.15) is 5.82 Å². The van der Waals surface area contributed by atoms with Crippen LogP contribution in [-0.4, -0.2) is 9.71 Å². The zero-order valence-electron chi connectivity index (χ0n) is 6.34. The summed E-state index contributed by atoms with van der Waals surface area (Å²) in [5.41, 5.74) is 0.845. The van der Waals surface area contributed by atoms with E-state index in [0.717, 1.165) is 10.3 Å². The highest BCUT2D eigenvalue weighted by atomic mass is 16.5. The predicted molar refractivity (Wildman–Crippen MR) is 46.4 cm³/mol. The SMILES string of the molecule is [O-]n1ccnc1-c1ccccc1. The van der Waals surface area contributed by atoms with Crippen LogP contribution in [0, 0.1) is 5.21 Å². The molecule has 0 aliphatic rings. The minimum absolute atomic E-state index is 0.454. The molecule has 3 heteroatoms. The van der Waals surface area contributed by atoms with Crippen molar-refractivity contribution in [3.05, 3.63) is 47.9 Å². The van der Waals surface area contributed by atoms with Crippen LogP contribution in [0.5, 0.6) is 0 Å². The highest BCUT2D eigenvalue weighted by Gasteiger charge is 1.97. The van der Waals surface area contributed by atoms with E-state index in [1.54, 1.807) is 0 Å². The minimum atomic E-state index is 0.454. The van der Waals surface area contributed by atoms with Gasteiger partial charge in [0, 0.05) is 18.0 Å². The Morgan fingerprint density at radius 1 is 1.17 bits per heavy atom. The van der Waals surface area contributed by atoms with Crippen molar-refractivity contribution >= 4 is 0 Å². The fraction of sp³-hybridized carbons (Fsp3) is 0. The van der Waals surface area contributed by atoms with E-state index in [-0.39, 0.29) is 0 Å². The number of hydrogen-bond donors (Lipinski definition) is 0. The Morgan fingerprint density at radius 3 is 2.50 bits per heavy atom. The van der Waals surface area contributed by atoms with Crippen LogP contribution in [-0.2, 0) is 0 Å². The molecule has 1 heterocycles. The zero-order chi connectivity index (χ0) is 8.39. The highest BCUT2D eigenvalue weighted by Crippen LogP contribution is 2.14. The second-order valence-corrected chi connectivity index (χ2v) is 2.44. The quantitative estimate of drug-likeness (QED) is 0.637. The normalized spacial score (nSPS) is 10.0. The molecule has 3 nitrogen and oxygen atoms in total. The van der Waals surface area contributed by atoms with Crippen LogP contribution in [0.1, 0.15) is 0 Å². The Morgan fingerprint density at radius 2 is 1.92 bits per heavy atom. The highest BCUT2D eigenvalue weighted by molar-refractivity contribution is 5.55. The number of nitrogens with zero attached hydrogens (tertiary/aromatic N) is 2. The van der Waals surface area contributed by atoms with Gasteiger partial charge in [0.15, 0.2) is 0 Å². The van der Waals surface area contributed by atoms with Crippen molar-refractivity contribution < 1.29 is 0 Å². The van der Waals surface area contributed by atoms with Crippen LogP contribution in [0.4, 0.5) is 0 Å². The van der Waals surface area contributed by atoms with Gasteiger partial charge in [-0.1, -0.05) is 30.3 Å². The largest absolute Gasteiger partial charge is 0.805 e. The van der Waals surface area contributed by atoms with Crippen LogP contribution in [0.15, 0.2) is 42.7 Å². The molecular formula is C9H7N2O-. The van der Waals surface area contributed by atoms with Crippen LogP contribution in [0.25, 0.3) is 11.4 Å². The van der Waals surface area contributed by atoms with Gasteiger partial charge in [-0.25, -0.2) is 4.98 Å². The monoisotopic (exact) mass is 159 g/mol. The smallest absolute Gasteiger partial charge is 0.135 e. The predicted octanol–water partition coefficient (Wildman–Crippen LogP) is 1.90. The molecule has 60 valence electrons. The van der Waals surface area contributed by atoms with E-state index in [4.69, 9.17) is 0 Å². The van der Waals surface area contributed by atoms with Crippen molar-refractivity contribution in [2.45, 2.75) is 0 Å². The average Bonchev–Trinajstić information content (AvgIpc) is 2.53. The molecule has 1 aromatic heterocycles. The van der Waals surface area contributed by atoms with E-state index in [9.17, 15) is 5.21 Å². The molecule has 0 spiro atoms. The van der Waals surface area contributed by atoms with E-state index >= 15 is 0 Å². The third-order valence-electron chi connectivity index (χ3n) is 1.64. The molecule has 0 N–H and O–H groups in total. The van der Waals surface area contributed by atoms with Gasteiger partial charge in [0.25, 0.3) is 0 Å². The first-order valence-corrected chi connectivity index (χ1v) is 3.64. The molecule has 0 radical (unpaired) electrons. The molecule has 12 heavy (non-hydrogen) atoms. The molecule has 0 bridgehead atoms. The zero-order valence-corrected chi connectivity index (χ0v) is 6.34. The molecule has 2 aromatic rings. The fourth-order valence-electron chi connectivity index (χ4n) is 1.08. The Labute approximate surface area is 69.9 Å². The lowest BCUT2D eigenvalue weighted by molar-refractivity contribution is 1.09. The van der Waals surface area contributed by atoms with E-state index in [2.05, 4.69) is 4.98 Å². The molecule has 0 saturated carbocycles. The van der Waals surface area contributed by atoms with Gasteiger partial charge >= 0.3 is 0 Å². The number of rotatable bonds is 1. The van der Waals surface area contributed by atoms with Crippen molar-refractivity contribution in [3.63, 3.8) is 0 Å². The average molecular weight is 159 g/mol. The molecule has 0 atom stereocenters. The summed E-state index contributed by atoms with van der Waals surface area (Å²) >= 11 is 0. The van der Waals surface area contributed by atoms with Gasteiger partial charge in [-0.05, 0) is 0 Å². The van der Waals surface area contributed by atoms with Gasteiger partial charge in [-0.15, -0.1) is 0 Å². The Kier molecular flexibility index (Phi) is 1.55. The molecule has 0 aliphatic carbocycles. The van der Waals surface area contributed by atoms with Gasteiger partial charge < -0.3 is 9.94 Å².